The second-order valence-corrected chi connectivity index (χ2v) is 13.3. The molecule has 9 nitrogen and oxygen atoms in total. The molecule has 0 spiro atoms. The van der Waals surface area contributed by atoms with Gasteiger partial charge >= 0.3 is 10.1 Å². The van der Waals surface area contributed by atoms with Gasteiger partial charge in [-0.15, -0.1) is 0 Å². The molecule has 0 amide bonds. The molecule has 1 aromatic heterocycles. The van der Waals surface area contributed by atoms with Gasteiger partial charge in [-0.05, 0) is 68.3 Å². The summed E-state index contributed by atoms with van der Waals surface area (Å²) in [6.45, 7) is 5.96. The van der Waals surface area contributed by atoms with E-state index in [1.165, 1.54) is 25.3 Å². The van der Waals surface area contributed by atoms with Crippen LogP contribution in [0.5, 0.6) is 28.7 Å². The molecule has 50 heavy (non-hydrogen) atoms. The maximum Gasteiger partial charge on any atom is 0.339 e. The van der Waals surface area contributed by atoms with Gasteiger partial charge in [-0.2, -0.15) is 8.42 Å². The van der Waals surface area contributed by atoms with Crippen molar-refractivity contribution in [1.82, 2.24) is 0 Å². The Balaban J connectivity index is 1.50. The van der Waals surface area contributed by atoms with Crippen LogP contribution in [0.25, 0.3) is 22.3 Å². The molecule has 0 saturated heterocycles. The van der Waals surface area contributed by atoms with E-state index in [0.717, 1.165) is 16.7 Å². The normalized spacial score (nSPS) is 11.4. The lowest BCUT2D eigenvalue weighted by atomic mass is 10.1. The average Bonchev–Trinajstić information content (AvgIpc) is 3.12. The van der Waals surface area contributed by atoms with E-state index in [4.69, 9.17) is 27.5 Å². The zero-order valence-electron chi connectivity index (χ0n) is 28.0. The van der Waals surface area contributed by atoms with Crippen molar-refractivity contribution < 1.29 is 36.0 Å². The Morgan fingerprint density at radius 2 is 1.32 bits per heavy atom. The fourth-order valence-corrected chi connectivity index (χ4v) is 6.15. The van der Waals surface area contributed by atoms with E-state index in [2.05, 4.69) is 0 Å². The fourth-order valence-electron chi connectivity index (χ4n) is 5.22. The number of hydrogen-bond donors (Lipinski definition) is 0. The number of aryl methyl sites for hydroxylation is 1. The first-order chi connectivity index (χ1) is 24.1. The molecule has 0 atom stereocenters. The van der Waals surface area contributed by atoms with E-state index in [1.54, 1.807) is 50.2 Å². The molecule has 0 saturated carbocycles. The standard InChI is InChI=1S/C40H36O9S/c1-26(2)47-39-35-33(23-34(38(39)44-4)46-25-29-13-9-6-10-14-29)48-37(30-17-19-31(20-18-30)45-24-28-11-7-5-8-12-28)40(36(35)41)49-50(42,43)32-21-15-27(3)16-22-32/h5-23,26H,24-25H2,1-4H3. The smallest absolute Gasteiger partial charge is 0.339 e. The summed E-state index contributed by atoms with van der Waals surface area (Å²) in [6.07, 6.45) is -0.403. The number of benzene rings is 5. The molecule has 0 radical (unpaired) electrons. The largest absolute Gasteiger partial charge is 0.490 e. The van der Waals surface area contributed by atoms with Crippen LogP contribution in [0.4, 0.5) is 0 Å². The summed E-state index contributed by atoms with van der Waals surface area (Å²) in [5.41, 5.74) is 2.44. The number of hydrogen-bond acceptors (Lipinski definition) is 9. The second kappa shape index (κ2) is 14.8. The molecule has 5 aromatic carbocycles. The van der Waals surface area contributed by atoms with E-state index in [-0.39, 0.29) is 45.5 Å². The minimum atomic E-state index is -4.48. The first kappa shape index (κ1) is 34.1. The molecular weight excluding hydrogens is 656 g/mol. The van der Waals surface area contributed by atoms with Gasteiger partial charge in [-0.1, -0.05) is 78.4 Å². The monoisotopic (exact) mass is 692 g/mol. The summed E-state index contributed by atoms with van der Waals surface area (Å²) in [7, 11) is -3.05. The lowest BCUT2D eigenvalue weighted by molar-refractivity contribution is 0.224. The van der Waals surface area contributed by atoms with Gasteiger partial charge in [0.2, 0.25) is 16.9 Å². The van der Waals surface area contributed by atoms with Crippen LogP contribution in [-0.2, 0) is 23.3 Å². The summed E-state index contributed by atoms with van der Waals surface area (Å²) in [5, 5.41) is -0.0664. The Morgan fingerprint density at radius 1 is 0.720 bits per heavy atom. The molecule has 6 aromatic rings. The van der Waals surface area contributed by atoms with Gasteiger partial charge in [0.05, 0.1) is 13.2 Å². The van der Waals surface area contributed by atoms with Crippen LogP contribution in [0.15, 0.2) is 129 Å². The van der Waals surface area contributed by atoms with Crippen LogP contribution >= 0.6 is 0 Å². The molecule has 0 aliphatic carbocycles. The summed E-state index contributed by atoms with van der Waals surface area (Å²) in [6, 6.07) is 33.7. The van der Waals surface area contributed by atoms with E-state index in [9.17, 15) is 13.2 Å². The highest BCUT2D eigenvalue weighted by molar-refractivity contribution is 7.87. The predicted molar refractivity (Wildman–Crippen MR) is 191 cm³/mol. The minimum Gasteiger partial charge on any atom is -0.490 e. The van der Waals surface area contributed by atoms with Crippen molar-refractivity contribution in [2.24, 2.45) is 0 Å². The molecule has 256 valence electrons. The Hall–Kier alpha value is -5.74. The number of fused-ring (bicyclic) bond motifs is 1. The number of rotatable bonds is 13. The Labute approximate surface area is 290 Å². The predicted octanol–water partition coefficient (Wildman–Crippen LogP) is 8.49. The maximum absolute atomic E-state index is 14.5. The zero-order valence-corrected chi connectivity index (χ0v) is 28.9. The number of ether oxygens (including phenoxy) is 4. The third kappa shape index (κ3) is 7.61. The Morgan fingerprint density at radius 3 is 1.90 bits per heavy atom. The van der Waals surface area contributed by atoms with Gasteiger partial charge in [0.15, 0.2) is 17.3 Å². The highest BCUT2D eigenvalue weighted by Gasteiger charge is 2.30. The van der Waals surface area contributed by atoms with Crippen LogP contribution in [0.2, 0.25) is 0 Å². The molecule has 0 aliphatic rings. The first-order valence-corrected chi connectivity index (χ1v) is 17.4. The van der Waals surface area contributed by atoms with E-state index < -0.39 is 27.4 Å². The zero-order chi connectivity index (χ0) is 35.3. The topological polar surface area (TPSA) is 110 Å². The Kier molecular flexibility index (Phi) is 10.1. The van der Waals surface area contributed by atoms with Crippen molar-refractivity contribution in [2.45, 2.75) is 45.0 Å². The highest BCUT2D eigenvalue weighted by Crippen LogP contribution is 2.46. The summed E-state index contributed by atoms with van der Waals surface area (Å²) >= 11 is 0. The molecule has 0 bridgehead atoms. The molecule has 0 aliphatic heterocycles. The van der Waals surface area contributed by atoms with Gasteiger partial charge < -0.3 is 27.5 Å². The second-order valence-electron chi connectivity index (χ2n) is 11.8. The molecule has 0 fully saturated rings. The van der Waals surface area contributed by atoms with Gasteiger partial charge in [-0.3, -0.25) is 4.79 Å². The minimum absolute atomic E-state index is 0.0330. The quantitative estimate of drug-likeness (QED) is 0.110. The van der Waals surface area contributed by atoms with Gasteiger partial charge in [-0.25, -0.2) is 0 Å². The van der Waals surface area contributed by atoms with E-state index in [0.29, 0.717) is 17.9 Å². The lowest BCUT2D eigenvalue weighted by Crippen LogP contribution is -2.18. The van der Waals surface area contributed by atoms with Crippen molar-refractivity contribution in [1.29, 1.82) is 0 Å². The van der Waals surface area contributed by atoms with Crippen molar-refractivity contribution in [3.63, 3.8) is 0 Å². The first-order valence-electron chi connectivity index (χ1n) is 16.0. The van der Waals surface area contributed by atoms with Crippen LogP contribution in [0.3, 0.4) is 0 Å². The Bertz CT molecular complexity index is 2250. The third-order valence-electron chi connectivity index (χ3n) is 7.68. The van der Waals surface area contributed by atoms with Gasteiger partial charge in [0, 0.05) is 11.6 Å². The SMILES string of the molecule is COc1c(OCc2ccccc2)cc2oc(-c3ccc(OCc4ccccc4)cc3)c(OS(=O)(=O)c3ccc(C)cc3)c(=O)c2c1OC(C)C. The fraction of sp³-hybridized carbons (Fsp3) is 0.175. The van der Waals surface area contributed by atoms with E-state index in [1.807, 2.05) is 67.6 Å². The van der Waals surface area contributed by atoms with Crippen LogP contribution in [0.1, 0.15) is 30.5 Å². The molecule has 1 heterocycles. The molecular formula is C40H36O9S. The highest BCUT2D eigenvalue weighted by atomic mass is 32.2. The van der Waals surface area contributed by atoms with Crippen LogP contribution in [-0.4, -0.2) is 21.6 Å². The summed E-state index contributed by atoms with van der Waals surface area (Å²) < 4.78 is 63.3. The van der Waals surface area contributed by atoms with Crippen LogP contribution in [0, 0.1) is 6.92 Å². The van der Waals surface area contributed by atoms with Crippen molar-refractivity contribution >= 4 is 21.1 Å². The lowest BCUT2D eigenvalue weighted by Gasteiger charge is -2.20. The molecule has 0 unspecified atom stereocenters. The summed E-state index contributed by atoms with van der Waals surface area (Å²) in [4.78, 5) is 14.4. The van der Waals surface area contributed by atoms with Crippen LogP contribution < -0.4 is 28.6 Å². The van der Waals surface area contributed by atoms with Gasteiger partial charge in [0.25, 0.3) is 0 Å². The van der Waals surface area contributed by atoms with Gasteiger partial charge in [0.1, 0.15) is 34.8 Å². The van der Waals surface area contributed by atoms with Crippen molar-refractivity contribution in [2.75, 3.05) is 7.11 Å². The van der Waals surface area contributed by atoms with Crippen molar-refractivity contribution in [3.8, 4) is 40.1 Å². The van der Waals surface area contributed by atoms with Crippen molar-refractivity contribution in [3.05, 3.63) is 142 Å². The third-order valence-corrected chi connectivity index (χ3v) is 8.92. The molecule has 6 rings (SSSR count). The maximum atomic E-state index is 14.5. The number of methoxy groups -OCH3 is 1. The van der Waals surface area contributed by atoms with E-state index >= 15 is 0 Å². The molecule has 10 heteroatoms. The average molecular weight is 693 g/mol. The summed E-state index contributed by atoms with van der Waals surface area (Å²) in [5.74, 6) is 0.357. The molecule has 0 N–H and O–H groups in total.